The zero-order valence-corrected chi connectivity index (χ0v) is 31.7. The van der Waals surface area contributed by atoms with E-state index in [9.17, 15) is 19.5 Å². The standard InChI is InChI=1S/C43H45N7O6/c1-27-35(23-45-50(27)26-43-20-29-16-30(21-43)18-31(17-29)22-43)33-10-11-49-37(24-44-39(49)38(33)41(53)55-2)46-36-9-8-32(19-34(36)40(51)52)47-12-14-48(15-13-47)42(54)56-25-28-6-4-3-5-7-28/h3-12,19,23-24,29-31,46H,13-18,20-22,25-26H2,1-2H3/p+1. The lowest BCUT2D eigenvalue weighted by molar-refractivity contribution is -0.442. The smallest absolute Gasteiger partial charge is 0.410 e. The summed E-state index contributed by atoms with van der Waals surface area (Å²) in [5, 5.41) is 18.4. The number of hydrogen-bond acceptors (Lipinski definition) is 8. The van der Waals surface area contributed by atoms with Gasteiger partial charge in [-0.05, 0) is 86.3 Å². The Morgan fingerprint density at radius 3 is 2.41 bits per heavy atom. The van der Waals surface area contributed by atoms with Gasteiger partial charge in [-0.15, -0.1) is 0 Å². The van der Waals surface area contributed by atoms with Gasteiger partial charge in [0.1, 0.15) is 24.5 Å². The van der Waals surface area contributed by atoms with Gasteiger partial charge < -0.3 is 19.9 Å². The number of methoxy groups -OCH3 is 1. The molecule has 0 saturated heterocycles. The Labute approximate surface area is 324 Å². The second kappa shape index (κ2) is 14.3. The number of rotatable bonds is 10. The van der Waals surface area contributed by atoms with Crippen LogP contribution in [0.15, 0.2) is 73.2 Å². The average Bonchev–Trinajstić information content (AvgIpc) is 3.77. The van der Waals surface area contributed by atoms with E-state index in [1.165, 1.54) is 45.6 Å². The molecule has 3 aromatic heterocycles. The highest BCUT2D eigenvalue weighted by Crippen LogP contribution is 2.60. The number of carbonyl (C=O) groups is 3. The summed E-state index contributed by atoms with van der Waals surface area (Å²) in [6.45, 7) is 4.38. The Kier molecular flexibility index (Phi) is 9.09. The molecule has 2 aromatic carbocycles. The predicted molar refractivity (Wildman–Crippen MR) is 209 cm³/mol. The van der Waals surface area contributed by atoms with Crippen molar-refractivity contribution in [3.8, 4) is 11.1 Å². The lowest BCUT2D eigenvalue weighted by atomic mass is 9.49. The minimum Gasteiger partial charge on any atom is -0.478 e. The van der Waals surface area contributed by atoms with Crippen molar-refractivity contribution in [3.05, 3.63) is 95.6 Å². The fourth-order valence-electron chi connectivity index (χ4n) is 10.3. The van der Waals surface area contributed by atoms with Crippen molar-refractivity contribution in [1.29, 1.82) is 0 Å². The van der Waals surface area contributed by atoms with E-state index in [1.807, 2.05) is 65.6 Å². The zero-order valence-electron chi connectivity index (χ0n) is 31.7. The Hall–Kier alpha value is -5.98. The van der Waals surface area contributed by atoms with Gasteiger partial charge in [-0.3, -0.25) is 14.0 Å². The molecule has 56 heavy (non-hydrogen) atoms. The molecule has 1 amide bonds. The van der Waals surface area contributed by atoms with Gasteiger partial charge in [-0.2, -0.15) is 9.67 Å². The first-order valence-corrected chi connectivity index (χ1v) is 19.5. The Morgan fingerprint density at radius 1 is 0.982 bits per heavy atom. The molecule has 1 aliphatic heterocycles. The van der Waals surface area contributed by atoms with Gasteiger partial charge >= 0.3 is 18.0 Å². The maximum Gasteiger partial charge on any atom is 0.410 e. The highest BCUT2D eigenvalue weighted by Gasteiger charge is 2.51. The molecule has 10 rings (SSSR count). The molecule has 5 aromatic rings. The summed E-state index contributed by atoms with van der Waals surface area (Å²) in [5.41, 5.74) is 5.57. The number of nitrogens with zero attached hydrogens (tertiary/aromatic N) is 6. The van der Waals surface area contributed by atoms with Crippen LogP contribution in [0.1, 0.15) is 70.5 Å². The maximum absolute atomic E-state index is 13.4. The molecule has 5 aliphatic rings. The van der Waals surface area contributed by atoms with Crippen LogP contribution in [0.3, 0.4) is 0 Å². The van der Waals surface area contributed by atoms with Crippen LogP contribution in [0.5, 0.6) is 0 Å². The Balaban J connectivity index is 0.944. The maximum atomic E-state index is 13.4. The number of fused-ring (bicyclic) bond motifs is 1. The van der Waals surface area contributed by atoms with Crippen molar-refractivity contribution in [3.63, 3.8) is 0 Å². The van der Waals surface area contributed by atoms with Crippen molar-refractivity contribution >= 4 is 47.1 Å². The van der Waals surface area contributed by atoms with Gasteiger partial charge in [-0.25, -0.2) is 19.4 Å². The van der Waals surface area contributed by atoms with Crippen LogP contribution in [-0.4, -0.2) is 84.7 Å². The molecule has 0 unspecified atom stereocenters. The van der Waals surface area contributed by atoms with E-state index in [2.05, 4.69) is 21.9 Å². The van der Waals surface area contributed by atoms with Crippen molar-refractivity contribution in [1.82, 2.24) is 24.1 Å². The molecule has 2 N–H and O–H groups in total. The molecule has 4 heterocycles. The van der Waals surface area contributed by atoms with Gasteiger partial charge in [0, 0.05) is 41.7 Å². The monoisotopic (exact) mass is 756 g/mol. The molecule has 288 valence electrons. The number of imidazole rings is 1. The largest absolute Gasteiger partial charge is 0.478 e. The molecule has 13 nitrogen and oxygen atoms in total. The zero-order chi connectivity index (χ0) is 38.6. The molecule has 4 aliphatic carbocycles. The third-order valence-corrected chi connectivity index (χ3v) is 12.5. The van der Waals surface area contributed by atoms with Crippen LogP contribution in [-0.2, 0) is 22.6 Å². The third kappa shape index (κ3) is 6.58. The van der Waals surface area contributed by atoms with E-state index < -0.39 is 18.0 Å². The van der Waals surface area contributed by atoms with E-state index in [0.717, 1.165) is 41.1 Å². The van der Waals surface area contributed by atoms with Gasteiger partial charge in [-0.1, -0.05) is 30.3 Å². The van der Waals surface area contributed by atoms with Crippen LogP contribution in [0, 0.1) is 30.1 Å². The molecular formula is C43H46N7O6+. The number of carboxylic acid groups (broad SMARTS) is 1. The lowest BCUT2D eigenvalue weighted by Crippen LogP contribution is -2.48. The van der Waals surface area contributed by atoms with Gasteiger partial charge in [0.2, 0.25) is 5.69 Å². The summed E-state index contributed by atoms with van der Waals surface area (Å²) in [4.78, 5) is 45.0. The minimum atomic E-state index is -1.11. The number of carboxylic acids is 1. The number of pyridine rings is 1. The van der Waals surface area contributed by atoms with E-state index in [-0.39, 0.29) is 12.2 Å². The van der Waals surface area contributed by atoms with Gasteiger partial charge in [0.15, 0.2) is 18.4 Å². The molecule has 0 spiro atoms. The number of anilines is 2. The first-order chi connectivity index (χ1) is 27.2. The van der Waals surface area contributed by atoms with Crippen LogP contribution in [0.2, 0.25) is 0 Å². The highest BCUT2D eigenvalue weighted by atomic mass is 16.6. The molecule has 0 atom stereocenters. The lowest BCUT2D eigenvalue weighted by Gasteiger charge is -2.56. The fraction of sp³-hybridized carbons (Fsp3) is 0.395. The minimum absolute atomic E-state index is 0.0578. The second-order valence-electron chi connectivity index (χ2n) is 16.2. The summed E-state index contributed by atoms with van der Waals surface area (Å²) in [6, 6.07) is 16.5. The summed E-state index contributed by atoms with van der Waals surface area (Å²) in [5.74, 6) is 1.40. The fourth-order valence-corrected chi connectivity index (χ4v) is 10.3. The van der Waals surface area contributed by atoms with E-state index >= 15 is 0 Å². The molecule has 4 fully saturated rings. The molecule has 13 heteroatoms. The number of hydrogen-bond donors (Lipinski definition) is 2. The van der Waals surface area contributed by atoms with Gasteiger partial charge in [0.25, 0.3) is 0 Å². The van der Waals surface area contributed by atoms with E-state index in [0.29, 0.717) is 59.0 Å². The SMILES string of the molecule is COC(=O)c1c(-c2cnn(CC34CC5CC(CC(C5)C3)C4)c2C)ccn2c(Nc3ccc([N+]4=CCN(C(=O)OCc5ccccc5)CC4)cc3C(=O)O)cnc12. The number of nitrogens with one attached hydrogen (secondary N) is 1. The van der Waals surface area contributed by atoms with Crippen molar-refractivity contribution in [2.75, 3.05) is 32.1 Å². The number of amides is 1. The number of aromatic nitrogens is 4. The normalized spacial score (nSPS) is 22.6. The average molecular weight is 757 g/mol. The first-order valence-electron chi connectivity index (χ1n) is 19.5. The predicted octanol–water partition coefficient (Wildman–Crippen LogP) is 7.32. The summed E-state index contributed by atoms with van der Waals surface area (Å²) in [7, 11) is 1.36. The number of ether oxygens (including phenoxy) is 2. The second-order valence-corrected chi connectivity index (χ2v) is 16.2. The van der Waals surface area contributed by atoms with Crippen LogP contribution < -0.4 is 5.32 Å². The molecular weight excluding hydrogens is 711 g/mol. The third-order valence-electron chi connectivity index (χ3n) is 12.5. The molecule has 4 bridgehead atoms. The van der Waals surface area contributed by atoms with E-state index in [4.69, 9.17) is 14.6 Å². The Morgan fingerprint density at radius 2 is 1.73 bits per heavy atom. The number of aromatic carboxylic acids is 1. The van der Waals surface area contributed by atoms with Crippen LogP contribution in [0.4, 0.5) is 22.0 Å². The summed E-state index contributed by atoms with van der Waals surface area (Å²) < 4.78 is 16.6. The van der Waals surface area contributed by atoms with Gasteiger partial charge in [0.05, 0.1) is 37.3 Å². The highest BCUT2D eigenvalue weighted by molar-refractivity contribution is 6.03. The quantitative estimate of drug-likeness (QED) is 0.111. The van der Waals surface area contributed by atoms with Crippen LogP contribution in [0.25, 0.3) is 16.8 Å². The van der Waals surface area contributed by atoms with E-state index in [1.54, 1.807) is 27.6 Å². The Bertz CT molecular complexity index is 2340. The molecule has 4 saturated carbocycles. The van der Waals surface area contributed by atoms with Crippen molar-refractivity contribution < 1.29 is 33.5 Å². The first kappa shape index (κ1) is 35.7. The topological polar surface area (TPSA) is 143 Å². The molecule has 0 radical (unpaired) electrons. The van der Waals surface area contributed by atoms with Crippen LogP contribution >= 0.6 is 0 Å². The van der Waals surface area contributed by atoms with Crippen molar-refractivity contribution in [2.24, 2.45) is 23.2 Å². The summed E-state index contributed by atoms with van der Waals surface area (Å²) >= 11 is 0. The van der Waals surface area contributed by atoms with Crippen molar-refractivity contribution in [2.45, 2.75) is 58.6 Å². The number of benzene rings is 2. The number of carbonyl (C=O) groups excluding carboxylic acids is 2. The number of esters is 1. The summed E-state index contributed by atoms with van der Waals surface area (Å²) in [6.07, 6.45) is 14.7.